The summed E-state index contributed by atoms with van der Waals surface area (Å²) < 4.78 is 0. The highest BCUT2D eigenvalue weighted by Gasteiger charge is 2.31. The number of aliphatic hydroxyl groups excluding tert-OH is 1. The van der Waals surface area contributed by atoms with Gasteiger partial charge in [-0.15, -0.1) is 0 Å². The van der Waals surface area contributed by atoms with E-state index in [1.54, 1.807) is 13.8 Å². The van der Waals surface area contributed by atoms with E-state index in [9.17, 15) is 24.3 Å². The van der Waals surface area contributed by atoms with E-state index in [1.807, 2.05) is 13.8 Å². The second-order valence-electron chi connectivity index (χ2n) is 8.39. The van der Waals surface area contributed by atoms with Crippen LogP contribution in [0.2, 0.25) is 0 Å². The van der Waals surface area contributed by atoms with E-state index < -0.39 is 54.5 Å². The van der Waals surface area contributed by atoms with Crippen LogP contribution in [0.15, 0.2) is 0 Å². The predicted octanol–water partition coefficient (Wildman–Crippen LogP) is -1.32. The molecule has 0 saturated heterocycles. The van der Waals surface area contributed by atoms with Gasteiger partial charge in [0.25, 0.3) is 0 Å². The summed E-state index contributed by atoms with van der Waals surface area (Å²) in [5.41, 5.74) is 10.9. The lowest BCUT2D eigenvalue weighted by atomic mass is 9.99. The summed E-state index contributed by atoms with van der Waals surface area (Å²) in [5.74, 6) is -3.34. The summed E-state index contributed by atoms with van der Waals surface area (Å²) in [6.07, 6.45) is 1.69. The van der Waals surface area contributed by atoms with Crippen LogP contribution in [0.3, 0.4) is 0 Å². The number of carbonyl (C=O) groups is 4. The van der Waals surface area contributed by atoms with Crippen molar-refractivity contribution in [1.82, 2.24) is 16.0 Å². The van der Waals surface area contributed by atoms with Crippen molar-refractivity contribution in [3.05, 3.63) is 0 Å². The van der Waals surface area contributed by atoms with Crippen molar-refractivity contribution in [1.29, 1.82) is 0 Å². The van der Waals surface area contributed by atoms with Gasteiger partial charge >= 0.3 is 5.97 Å². The Bertz CT molecular complexity index is 599. The number of nitrogens with two attached hydrogens (primary N) is 2. The summed E-state index contributed by atoms with van der Waals surface area (Å²) in [5, 5.41) is 26.0. The Hall–Kier alpha value is -2.24. The van der Waals surface area contributed by atoms with Crippen LogP contribution in [0.5, 0.6) is 0 Å². The molecule has 11 heteroatoms. The highest BCUT2D eigenvalue weighted by atomic mass is 16.4. The molecule has 3 amide bonds. The smallest absolute Gasteiger partial charge is 0.326 e. The molecule has 0 saturated carbocycles. The zero-order chi connectivity index (χ0) is 24.1. The Labute approximate surface area is 183 Å². The van der Waals surface area contributed by atoms with Gasteiger partial charge in [0.2, 0.25) is 17.7 Å². The normalized spacial score (nSPS) is 15.1. The second-order valence-corrected chi connectivity index (χ2v) is 8.39. The first-order valence-electron chi connectivity index (χ1n) is 10.6. The molecule has 0 aromatic rings. The monoisotopic (exact) mass is 445 g/mol. The lowest BCUT2D eigenvalue weighted by Gasteiger charge is -2.27. The molecule has 0 aliphatic heterocycles. The van der Waals surface area contributed by atoms with Gasteiger partial charge in [0.05, 0.1) is 6.61 Å². The zero-order valence-electron chi connectivity index (χ0n) is 18.9. The zero-order valence-corrected chi connectivity index (χ0v) is 18.9. The second kappa shape index (κ2) is 14.7. The van der Waals surface area contributed by atoms with Crippen LogP contribution in [0.25, 0.3) is 0 Å². The molecule has 180 valence electrons. The van der Waals surface area contributed by atoms with Gasteiger partial charge in [-0.3, -0.25) is 14.4 Å². The molecule has 0 aromatic heterocycles. The van der Waals surface area contributed by atoms with Crippen LogP contribution in [0, 0.1) is 11.8 Å². The van der Waals surface area contributed by atoms with E-state index in [1.165, 1.54) is 0 Å². The number of aliphatic hydroxyl groups is 1. The van der Waals surface area contributed by atoms with Crippen molar-refractivity contribution in [3.8, 4) is 0 Å². The lowest BCUT2D eigenvalue weighted by Crippen LogP contribution is -2.58. The highest BCUT2D eigenvalue weighted by molar-refractivity contribution is 5.94. The van der Waals surface area contributed by atoms with E-state index >= 15 is 0 Å². The number of hydrogen-bond donors (Lipinski definition) is 7. The average Bonchev–Trinajstić information content (AvgIpc) is 2.68. The number of carboxylic acids is 1. The molecule has 4 atom stereocenters. The topological polar surface area (TPSA) is 197 Å². The molecule has 0 rings (SSSR count). The molecule has 0 radical (unpaired) electrons. The number of aliphatic carboxylic acids is 1. The largest absolute Gasteiger partial charge is 0.480 e. The van der Waals surface area contributed by atoms with Gasteiger partial charge in [0, 0.05) is 0 Å². The van der Waals surface area contributed by atoms with Crippen molar-refractivity contribution >= 4 is 23.7 Å². The third kappa shape index (κ3) is 11.1. The van der Waals surface area contributed by atoms with Crippen molar-refractivity contribution < 1.29 is 29.4 Å². The Morgan fingerprint density at radius 1 is 0.871 bits per heavy atom. The number of unbranched alkanes of at least 4 members (excludes halogenated alkanes) is 1. The van der Waals surface area contributed by atoms with Crippen LogP contribution in [-0.2, 0) is 19.2 Å². The van der Waals surface area contributed by atoms with E-state index in [0.29, 0.717) is 19.4 Å². The molecule has 9 N–H and O–H groups in total. The Morgan fingerprint density at radius 3 is 1.90 bits per heavy atom. The summed E-state index contributed by atoms with van der Waals surface area (Å²) in [7, 11) is 0. The van der Waals surface area contributed by atoms with Crippen LogP contribution < -0.4 is 27.4 Å². The fraction of sp³-hybridized carbons (Fsp3) is 0.800. The number of carboxylic acid groups (broad SMARTS) is 1. The number of amides is 3. The van der Waals surface area contributed by atoms with E-state index in [2.05, 4.69) is 16.0 Å². The Kier molecular flexibility index (Phi) is 13.6. The quantitative estimate of drug-likeness (QED) is 0.150. The van der Waals surface area contributed by atoms with Crippen LogP contribution in [0.4, 0.5) is 0 Å². The van der Waals surface area contributed by atoms with E-state index in [-0.39, 0.29) is 24.7 Å². The van der Waals surface area contributed by atoms with Crippen molar-refractivity contribution in [3.63, 3.8) is 0 Å². The molecule has 0 aromatic carbocycles. The molecule has 0 fully saturated rings. The first-order chi connectivity index (χ1) is 14.4. The van der Waals surface area contributed by atoms with Gasteiger partial charge in [0.1, 0.15) is 24.2 Å². The van der Waals surface area contributed by atoms with Gasteiger partial charge in [-0.25, -0.2) is 4.79 Å². The van der Waals surface area contributed by atoms with Crippen molar-refractivity contribution in [2.24, 2.45) is 23.3 Å². The highest BCUT2D eigenvalue weighted by Crippen LogP contribution is 2.09. The predicted molar refractivity (Wildman–Crippen MR) is 116 cm³/mol. The van der Waals surface area contributed by atoms with E-state index in [0.717, 1.165) is 0 Å². The molecule has 0 bridgehead atoms. The summed E-state index contributed by atoms with van der Waals surface area (Å²) in [6.45, 7) is 7.01. The maximum absolute atomic E-state index is 12.8. The van der Waals surface area contributed by atoms with Gasteiger partial charge in [-0.2, -0.15) is 0 Å². The summed E-state index contributed by atoms with van der Waals surface area (Å²) in [4.78, 5) is 49.1. The van der Waals surface area contributed by atoms with Crippen LogP contribution in [0.1, 0.15) is 53.4 Å². The molecule has 0 spiro atoms. The molecular weight excluding hydrogens is 406 g/mol. The fourth-order valence-electron chi connectivity index (χ4n) is 2.87. The minimum Gasteiger partial charge on any atom is -0.480 e. The number of nitrogens with one attached hydrogen (secondary N) is 3. The van der Waals surface area contributed by atoms with Gasteiger partial charge < -0.3 is 37.6 Å². The molecule has 0 aliphatic carbocycles. The van der Waals surface area contributed by atoms with Crippen LogP contribution in [-0.4, -0.2) is 71.2 Å². The maximum atomic E-state index is 12.8. The molecule has 0 heterocycles. The lowest BCUT2D eigenvalue weighted by molar-refractivity contribution is -0.142. The number of carbonyl (C=O) groups excluding carboxylic acids is 3. The van der Waals surface area contributed by atoms with Gasteiger partial charge in [-0.05, 0) is 44.1 Å². The Balaban J connectivity index is 5.34. The van der Waals surface area contributed by atoms with Gasteiger partial charge in [0.15, 0.2) is 0 Å². The molecule has 4 unspecified atom stereocenters. The molecular formula is C20H39N5O6. The van der Waals surface area contributed by atoms with Crippen LogP contribution >= 0.6 is 0 Å². The summed E-state index contributed by atoms with van der Waals surface area (Å²) >= 11 is 0. The molecule has 0 aliphatic rings. The third-order valence-electron chi connectivity index (χ3n) is 4.68. The van der Waals surface area contributed by atoms with Crippen molar-refractivity contribution in [2.75, 3.05) is 13.2 Å². The number of rotatable bonds is 15. The number of hydrogen-bond acceptors (Lipinski definition) is 7. The first-order valence-corrected chi connectivity index (χ1v) is 10.6. The SMILES string of the molecule is CC(C)CC(NC(=O)C(NC(=O)C(N)CO)C(C)C)C(=O)NC(CCCCN)C(=O)O. The standard InChI is InChI=1S/C20H39N5O6/c1-11(2)9-15(18(28)23-14(20(30)31)7-5-6-8-21)24-19(29)16(12(3)4)25-17(27)13(22)10-26/h11-16,26H,5-10,21-22H2,1-4H3,(H,23,28)(H,24,29)(H,25,27)(H,30,31). The minimum atomic E-state index is -1.17. The Morgan fingerprint density at radius 2 is 1.45 bits per heavy atom. The molecule has 31 heavy (non-hydrogen) atoms. The third-order valence-corrected chi connectivity index (χ3v) is 4.68. The van der Waals surface area contributed by atoms with Gasteiger partial charge in [-0.1, -0.05) is 27.7 Å². The first kappa shape index (κ1) is 28.8. The maximum Gasteiger partial charge on any atom is 0.326 e. The van der Waals surface area contributed by atoms with E-state index in [4.69, 9.17) is 16.6 Å². The minimum absolute atomic E-state index is 0.0338. The fourth-order valence-corrected chi connectivity index (χ4v) is 2.87. The molecule has 11 nitrogen and oxygen atoms in total. The average molecular weight is 446 g/mol. The van der Waals surface area contributed by atoms with Crippen molar-refractivity contribution in [2.45, 2.75) is 77.5 Å². The summed E-state index contributed by atoms with van der Waals surface area (Å²) in [6, 6.07) is -4.22.